The molecule has 1 aromatic heterocycles. The largest absolute Gasteiger partial charge is 0.322 e. The van der Waals surface area contributed by atoms with Crippen LogP contribution in [0.4, 0.5) is 10.5 Å². The molecule has 122 valence electrons. The fraction of sp³-hybridized carbons (Fsp3) is 0.389. The molecule has 1 fully saturated rings. The zero-order chi connectivity index (χ0) is 16.2. The van der Waals surface area contributed by atoms with Crippen LogP contribution in [0, 0.1) is 6.92 Å². The minimum absolute atomic E-state index is 0.0368. The molecule has 0 saturated carbocycles. The summed E-state index contributed by atoms with van der Waals surface area (Å²) in [5.41, 5.74) is 1.76. The number of likely N-dealkylation sites (tertiary alicyclic amines) is 1. The third-order valence-corrected chi connectivity index (χ3v) is 5.69. The zero-order valence-corrected chi connectivity index (χ0v) is 14.8. The van der Waals surface area contributed by atoms with Gasteiger partial charge in [-0.05, 0) is 48.9 Å². The van der Waals surface area contributed by atoms with Crippen LogP contribution in [0.2, 0.25) is 5.02 Å². The predicted octanol–water partition coefficient (Wildman–Crippen LogP) is 5.86. The highest BCUT2D eigenvalue weighted by Crippen LogP contribution is 2.33. The lowest BCUT2D eigenvalue weighted by atomic mass is 10.1. The van der Waals surface area contributed by atoms with Gasteiger partial charge in [0, 0.05) is 22.1 Å². The molecule has 0 bridgehead atoms. The Bertz CT molecular complexity index is 672. The van der Waals surface area contributed by atoms with Crippen LogP contribution in [-0.2, 0) is 0 Å². The first-order valence-electron chi connectivity index (χ1n) is 8.02. The summed E-state index contributed by atoms with van der Waals surface area (Å²) >= 11 is 7.88. The molecule has 0 aliphatic carbocycles. The van der Waals surface area contributed by atoms with Gasteiger partial charge in [-0.1, -0.05) is 36.6 Å². The molecule has 1 saturated heterocycles. The molecule has 1 atom stereocenters. The fourth-order valence-corrected chi connectivity index (χ4v) is 4.05. The first-order chi connectivity index (χ1) is 11.1. The average molecular weight is 349 g/mol. The average Bonchev–Trinajstić information content (AvgIpc) is 2.95. The molecule has 1 aliphatic rings. The van der Waals surface area contributed by atoms with E-state index in [0.29, 0.717) is 5.02 Å². The Morgan fingerprint density at radius 1 is 1.30 bits per heavy atom. The zero-order valence-electron chi connectivity index (χ0n) is 13.2. The Hall–Kier alpha value is -1.52. The van der Waals surface area contributed by atoms with Crippen LogP contribution >= 0.6 is 22.9 Å². The molecule has 2 aromatic rings. The van der Waals surface area contributed by atoms with Crippen molar-refractivity contribution in [2.45, 2.75) is 38.6 Å². The maximum atomic E-state index is 12.8. The number of nitrogens with one attached hydrogen (secondary N) is 1. The van der Waals surface area contributed by atoms with Crippen LogP contribution in [0.15, 0.2) is 35.7 Å². The molecule has 1 aliphatic heterocycles. The van der Waals surface area contributed by atoms with Crippen LogP contribution < -0.4 is 5.32 Å². The number of rotatable bonds is 2. The Kier molecular flexibility index (Phi) is 5.23. The molecule has 2 amide bonds. The van der Waals surface area contributed by atoms with E-state index in [1.54, 1.807) is 11.3 Å². The molecule has 3 nitrogen and oxygen atoms in total. The van der Waals surface area contributed by atoms with Gasteiger partial charge in [-0.15, -0.1) is 11.3 Å². The van der Waals surface area contributed by atoms with E-state index in [9.17, 15) is 4.79 Å². The third-order valence-electron chi connectivity index (χ3n) is 4.31. The van der Waals surface area contributed by atoms with Crippen LogP contribution in [0.25, 0.3) is 0 Å². The molecule has 5 heteroatoms. The van der Waals surface area contributed by atoms with E-state index in [0.717, 1.165) is 30.6 Å². The van der Waals surface area contributed by atoms with Crippen LogP contribution in [0.5, 0.6) is 0 Å². The molecule has 3 rings (SSSR count). The van der Waals surface area contributed by atoms with Gasteiger partial charge in [0.05, 0.1) is 6.04 Å². The maximum absolute atomic E-state index is 12.8. The van der Waals surface area contributed by atoms with E-state index in [4.69, 9.17) is 11.6 Å². The predicted molar refractivity (Wildman–Crippen MR) is 97.4 cm³/mol. The summed E-state index contributed by atoms with van der Waals surface area (Å²) in [6, 6.07) is 9.97. The van der Waals surface area contributed by atoms with Gasteiger partial charge in [0.2, 0.25) is 0 Å². The van der Waals surface area contributed by atoms with Crippen LogP contribution in [-0.4, -0.2) is 17.5 Å². The minimum atomic E-state index is -0.0368. The number of thiophene rings is 1. The van der Waals surface area contributed by atoms with Gasteiger partial charge in [0.1, 0.15) is 0 Å². The number of halogens is 1. The number of nitrogens with zero attached hydrogens (tertiary/aromatic N) is 1. The summed E-state index contributed by atoms with van der Waals surface area (Å²) in [7, 11) is 0. The van der Waals surface area contributed by atoms with Crippen molar-refractivity contribution in [2.75, 3.05) is 11.9 Å². The normalized spacial score (nSPS) is 18.5. The van der Waals surface area contributed by atoms with E-state index >= 15 is 0 Å². The molecular weight excluding hydrogens is 328 g/mol. The van der Waals surface area contributed by atoms with Crippen LogP contribution in [0.3, 0.4) is 0 Å². The smallest absolute Gasteiger partial charge is 0.317 e. The number of carbonyl (C=O) groups excluding carboxylic acids is 1. The Labute approximate surface area is 146 Å². The van der Waals surface area contributed by atoms with Gasteiger partial charge in [-0.3, -0.25) is 0 Å². The van der Waals surface area contributed by atoms with Crippen molar-refractivity contribution >= 4 is 34.7 Å². The number of carbonyl (C=O) groups is 1. The summed E-state index contributed by atoms with van der Waals surface area (Å²) in [5, 5.41) is 5.76. The van der Waals surface area contributed by atoms with Gasteiger partial charge < -0.3 is 10.2 Å². The van der Waals surface area contributed by atoms with Crippen molar-refractivity contribution < 1.29 is 4.79 Å². The second-order valence-corrected chi connectivity index (χ2v) is 7.35. The second-order valence-electron chi connectivity index (χ2n) is 5.97. The number of hydrogen-bond donors (Lipinski definition) is 1. The van der Waals surface area contributed by atoms with E-state index in [2.05, 4.69) is 22.8 Å². The molecule has 1 N–H and O–H groups in total. The quantitative estimate of drug-likeness (QED) is 0.724. The molecule has 0 radical (unpaired) electrons. The lowest BCUT2D eigenvalue weighted by Gasteiger charge is -2.29. The number of amides is 2. The summed E-state index contributed by atoms with van der Waals surface area (Å²) in [4.78, 5) is 16.0. The van der Waals surface area contributed by atoms with E-state index in [-0.39, 0.29) is 12.1 Å². The number of anilines is 1. The molecular formula is C18H21ClN2OS. The topological polar surface area (TPSA) is 32.3 Å². The third kappa shape index (κ3) is 3.88. The molecule has 1 aromatic carbocycles. The standard InChI is InChI=1S/C18H21ClN2OS/c1-13-8-9-14(12-15(13)19)20-18(22)21-10-4-2-3-6-16(21)17-7-5-11-23-17/h5,7-9,11-12,16H,2-4,6,10H2,1H3,(H,20,22)/t16-/m1/s1. The number of aryl methyl sites for hydroxylation is 1. The van der Waals surface area contributed by atoms with Gasteiger partial charge in [0.15, 0.2) is 0 Å². The Balaban J connectivity index is 1.78. The Morgan fingerprint density at radius 3 is 2.91 bits per heavy atom. The van der Waals surface area contributed by atoms with E-state index < -0.39 is 0 Å². The summed E-state index contributed by atoms with van der Waals surface area (Å²) < 4.78 is 0. The monoisotopic (exact) mass is 348 g/mol. The lowest BCUT2D eigenvalue weighted by molar-refractivity contribution is 0.190. The van der Waals surface area contributed by atoms with Crippen molar-refractivity contribution in [1.82, 2.24) is 4.90 Å². The number of hydrogen-bond acceptors (Lipinski definition) is 2. The van der Waals surface area contributed by atoms with Crippen molar-refractivity contribution in [3.63, 3.8) is 0 Å². The first-order valence-corrected chi connectivity index (χ1v) is 9.28. The Morgan fingerprint density at radius 2 is 2.17 bits per heavy atom. The van der Waals surface area contributed by atoms with E-state index in [1.165, 1.54) is 17.7 Å². The van der Waals surface area contributed by atoms with Crippen molar-refractivity contribution in [3.8, 4) is 0 Å². The maximum Gasteiger partial charge on any atom is 0.322 e. The van der Waals surface area contributed by atoms with Gasteiger partial charge >= 0.3 is 6.03 Å². The SMILES string of the molecule is Cc1ccc(NC(=O)N2CCCCC[C@@H]2c2cccs2)cc1Cl. The van der Waals surface area contributed by atoms with Gasteiger partial charge in [-0.2, -0.15) is 0 Å². The molecule has 23 heavy (non-hydrogen) atoms. The lowest BCUT2D eigenvalue weighted by Crippen LogP contribution is -2.37. The summed E-state index contributed by atoms with van der Waals surface area (Å²) in [6.07, 6.45) is 4.44. The van der Waals surface area contributed by atoms with Crippen LogP contribution in [0.1, 0.15) is 42.2 Å². The summed E-state index contributed by atoms with van der Waals surface area (Å²) in [5.74, 6) is 0. The van der Waals surface area contributed by atoms with Gasteiger partial charge in [-0.25, -0.2) is 4.79 Å². The van der Waals surface area contributed by atoms with Crippen molar-refractivity contribution in [2.24, 2.45) is 0 Å². The summed E-state index contributed by atoms with van der Waals surface area (Å²) in [6.45, 7) is 2.75. The molecule has 0 spiro atoms. The highest BCUT2D eigenvalue weighted by Gasteiger charge is 2.27. The fourth-order valence-electron chi connectivity index (χ4n) is 2.99. The number of urea groups is 1. The van der Waals surface area contributed by atoms with E-state index in [1.807, 2.05) is 30.0 Å². The highest BCUT2D eigenvalue weighted by molar-refractivity contribution is 7.10. The van der Waals surface area contributed by atoms with Gasteiger partial charge in [0.25, 0.3) is 0 Å². The number of benzene rings is 1. The highest BCUT2D eigenvalue weighted by atomic mass is 35.5. The minimum Gasteiger partial charge on any atom is -0.317 e. The second kappa shape index (κ2) is 7.37. The first kappa shape index (κ1) is 16.3. The van der Waals surface area contributed by atoms with Crippen molar-refractivity contribution in [1.29, 1.82) is 0 Å². The molecule has 0 unspecified atom stereocenters. The molecule has 2 heterocycles. The van der Waals surface area contributed by atoms with Crippen molar-refractivity contribution in [3.05, 3.63) is 51.2 Å².